The van der Waals surface area contributed by atoms with E-state index < -0.39 is 0 Å². The molecule has 2 fully saturated rings. The number of aromatic nitrogens is 3. The van der Waals surface area contributed by atoms with Crippen LogP contribution in [-0.2, 0) is 4.79 Å². The maximum atomic E-state index is 12.8. The lowest BCUT2D eigenvalue weighted by atomic mass is 9.73. The molecule has 2 aliphatic heterocycles. The van der Waals surface area contributed by atoms with Gasteiger partial charge in [-0.3, -0.25) is 14.7 Å². The van der Waals surface area contributed by atoms with Gasteiger partial charge in [-0.05, 0) is 43.2 Å². The minimum atomic E-state index is 0.0757. The van der Waals surface area contributed by atoms with Crippen molar-refractivity contribution in [3.63, 3.8) is 0 Å². The van der Waals surface area contributed by atoms with Crippen molar-refractivity contribution in [3.05, 3.63) is 36.2 Å². The molecule has 2 saturated heterocycles. The topological polar surface area (TPSA) is 91.0 Å². The fourth-order valence-electron chi connectivity index (χ4n) is 4.04. The molecule has 0 saturated carbocycles. The summed E-state index contributed by atoms with van der Waals surface area (Å²) in [4.78, 5) is 30.5. The van der Waals surface area contributed by atoms with Gasteiger partial charge in [0.1, 0.15) is 6.33 Å². The molecule has 2 aliphatic rings. The van der Waals surface area contributed by atoms with Gasteiger partial charge in [0.15, 0.2) is 5.82 Å². The molecule has 1 aromatic carbocycles. The maximum Gasteiger partial charge on any atom is 0.253 e. The quantitative estimate of drug-likeness (QED) is 0.864. The Hall–Kier alpha value is -2.70. The molecule has 0 atom stereocenters. The largest absolute Gasteiger partial charge is 0.356 e. The highest BCUT2D eigenvalue weighted by atomic mass is 16.2. The molecule has 1 aromatic heterocycles. The number of likely N-dealkylation sites (tertiary alicyclic amines) is 1. The number of hydrogen-bond donors (Lipinski definition) is 2. The number of H-pyrrole nitrogens is 1. The number of nitrogens with one attached hydrogen (secondary N) is 2. The second-order valence-electron chi connectivity index (χ2n) is 7.30. The number of rotatable bonds is 2. The number of benzene rings is 1. The van der Waals surface area contributed by atoms with E-state index in [1.54, 1.807) is 0 Å². The van der Waals surface area contributed by atoms with Gasteiger partial charge in [-0.2, -0.15) is 5.10 Å². The Morgan fingerprint density at radius 3 is 2.54 bits per heavy atom. The Morgan fingerprint density at radius 1 is 1.08 bits per heavy atom. The number of carbonyl (C=O) groups excluding carboxylic acids is 2. The number of carbonyl (C=O) groups is 2. The molecule has 26 heavy (non-hydrogen) atoms. The van der Waals surface area contributed by atoms with Crippen molar-refractivity contribution in [2.24, 2.45) is 5.41 Å². The van der Waals surface area contributed by atoms with Gasteiger partial charge < -0.3 is 10.2 Å². The van der Waals surface area contributed by atoms with Crippen molar-refractivity contribution in [1.82, 2.24) is 25.4 Å². The molecule has 7 nitrogen and oxygen atoms in total. The third-order valence-electron chi connectivity index (χ3n) is 5.79. The highest BCUT2D eigenvalue weighted by Gasteiger charge is 2.37. The van der Waals surface area contributed by atoms with E-state index in [4.69, 9.17) is 0 Å². The lowest BCUT2D eigenvalue weighted by molar-refractivity contribution is -0.121. The lowest BCUT2D eigenvalue weighted by Crippen LogP contribution is -2.43. The monoisotopic (exact) mass is 353 g/mol. The van der Waals surface area contributed by atoms with Crippen LogP contribution < -0.4 is 5.32 Å². The van der Waals surface area contributed by atoms with Gasteiger partial charge in [-0.1, -0.05) is 12.1 Å². The van der Waals surface area contributed by atoms with Crippen LogP contribution in [0.5, 0.6) is 0 Å². The molecule has 0 radical (unpaired) electrons. The normalized spacial score (nSPS) is 19.8. The first kappa shape index (κ1) is 16.8. The van der Waals surface area contributed by atoms with Crippen molar-refractivity contribution in [2.75, 3.05) is 19.6 Å². The van der Waals surface area contributed by atoms with E-state index in [1.807, 2.05) is 29.2 Å². The predicted octanol–water partition coefficient (Wildman–Crippen LogP) is 1.99. The number of hydrogen-bond acceptors (Lipinski definition) is 4. The number of nitrogens with zero attached hydrogens (tertiary/aromatic N) is 3. The summed E-state index contributed by atoms with van der Waals surface area (Å²) in [5.74, 6) is 0.930. The van der Waals surface area contributed by atoms with E-state index >= 15 is 0 Å². The minimum Gasteiger partial charge on any atom is -0.356 e. The van der Waals surface area contributed by atoms with E-state index in [1.165, 1.54) is 6.33 Å². The highest BCUT2D eigenvalue weighted by Crippen LogP contribution is 2.40. The molecular weight excluding hydrogens is 330 g/mol. The zero-order valence-corrected chi connectivity index (χ0v) is 14.7. The summed E-state index contributed by atoms with van der Waals surface area (Å²) in [5.41, 5.74) is 1.82. The number of piperidine rings is 1. The zero-order chi connectivity index (χ0) is 18.0. The average molecular weight is 353 g/mol. The minimum absolute atomic E-state index is 0.0757. The molecule has 136 valence electrons. The molecule has 2 N–H and O–H groups in total. The van der Waals surface area contributed by atoms with Gasteiger partial charge in [-0.25, -0.2) is 4.98 Å². The molecule has 4 rings (SSSR count). The van der Waals surface area contributed by atoms with Crippen molar-refractivity contribution in [2.45, 2.75) is 32.1 Å². The SMILES string of the molecule is O=C1CCC2(CCN1)CCN(C(=O)c1ccc(-c3ncn[nH]3)cc1)CC2. The Labute approximate surface area is 152 Å². The van der Waals surface area contributed by atoms with Crippen LogP contribution in [0.1, 0.15) is 42.5 Å². The van der Waals surface area contributed by atoms with Crippen molar-refractivity contribution < 1.29 is 9.59 Å². The van der Waals surface area contributed by atoms with E-state index in [0.717, 1.165) is 50.9 Å². The number of aromatic amines is 1. The lowest BCUT2D eigenvalue weighted by Gasteiger charge is -2.41. The molecule has 0 aliphatic carbocycles. The van der Waals surface area contributed by atoms with Crippen LogP contribution in [0.2, 0.25) is 0 Å². The second kappa shape index (κ2) is 6.90. The first-order valence-electron chi connectivity index (χ1n) is 9.17. The molecule has 0 bridgehead atoms. The van der Waals surface area contributed by atoms with Crippen molar-refractivity contribution >= 4 is 11.8 Å². The Kier molecular flexibility index (Phi) is 4.44. The predicted molar refractivity (Wildman–Crippen MR) is 96.2 cm³/mol. The summed E-state index contributed by atoms with van der Waals surface area (Å²) in [7, 11) is 0. The van der Waals surface area contributed by atoms with E-state index in [2.05, 4.69) is 20.5 Å². The molecule has 7 heteroatoms. The van der Waals surface area contributed by atoms with Gasteiger partial charge >= 0.3 is 0 Å². The molecule has 1 spiro atoms. The summed E-state index contributed by atoms with van der Waals surface area (Å²) >= 11 is 0. The maximum absolute atomic E-state index is 12.8. The van der Waals surface area contributed by atoms with Gasteiger partial charge in [0, 0.05) is 37.2 Å². The Morgan fingerprint density at radius 2 is 1.85 bits per heavy atom. The standard InChI is InChI=1S/C19H23N5O2/c25-16-5-6-19(7-10-20-16)8-11-24(12-9-19)18(26)15-3-1-14(2-4-15)17-21-13-22-23-17/h1-4,13H,5-12H2,(H,20,25)(H,21,22,23). The summed E-state index contributed by atoms with van der Waals surface area (Å²) in [6.45, 7) is 2.28. The molecule has 2 amide bonds. The van der Waals surface area contributed by atoms with Gasteiger partial charge in [0.2, 0.25) is 5.91 Å². The smallest absolute Gasteiger partial charge is 0.253 e. The van der Waals surface area contributed by atoms with Crippen molar-refractivity contribution in [3.8, 4) is 11.4 Å². The molecule has 2 aromatic rings. The zero-order valence-electron chi connectivity index (χ0n) is 14.7. The first-order chi connectivity index (χ1) is 12.7. The van der Waals surface area contributed by atoms with Crippen LogP contribution in [-0.4, -0.2) is 51.5 Å². The van der Waals surface area contributed by atoms with Crippen LogP contribution in [0.3, 0.4) is 0 Å². The molecule has 0 unspecified atom stereocenters. The van der Waals surface area contributed by atoms with E-state index in [-0.39, 0.29) is 17.2 Å². The van der Waals surface area contributed by atoms with Crippen LogP contribution in [0.25, 0.3) is 11.4 Å². The van der Waals surface area contributed by atoms with Gasteiger partial charge in [0.25, 0.3) is 5.91 Å². The molecule has 3 heterocycles. The van der Waals surface area contributed by atoms with E-state index in [9.17, 15) is 9.59 Å². The fourth-order valence-corrected chi connectivity index (χ4v) is 4.04. The summed E-state index contributed by atoms with van der Waals surface area (Å²) in [6.07, 6.45) is 5.98. The summed E-state index contributed by atoms with van der Waals surface area (Å²) in [5, 5.41) is 9.63. The van der Waals surface area contributed by atoms with Crippen LogP contribution >= 0.6 is 0 Å². The van der Waals surface area contributed by atoms with Crippen molar-refractivity contribution in [1.29, 1.82) is 0 Å². The second-order valence-corrected chi connectivity index (χ2v) is 7.30. The Balaban J connectivity index is 1.39. The van der Waals surface area contributed by atoms with Gasteiger partial charge in [0.05, 0.1) is 0 Å². The van der Waals surface area contributed by atoms with Gasteiger partial charge in [-0.15, -0.1) is 0 Å². The fraction of sp³-hybridized carbons (Fsp3) is 0.474. The highest BCUT2D eigenvalue weighted by molar-refractivity contribution is 5.94. The number of amides is 2. The Bertz CT molecular complexity index is 777. The summed E-state index contributed by atoms with van der Waals surface area (Å²) in [6, 6.07) is 7.47. The average Bonchev–Trinajstić information content (AvgIpc) is 3.15. The third kappa shape index (κ3) is 3.34. The summed E-state index contributed by atoms with van der Waals surface area (Å²) < 4.78 is 0. The van der Waals surface area contributed by atoms with Crippen LogP contribution in [0.15, 0.2) is 30.6 Å². The molecular formula is C19H23N5O2. The van der Waals surface area contributed by atoms with Crippen LogP contribution in [0.4, 0.5) is 0 Å². The third-order valence-corrected chi connectivity index (χ3v) is 5.79. The first-order valence-corrected chi connectivity index (χ1v) is 9.17. The van der Waals surface area contributed by atoms with E-state index in [0.29, 0.717) is 17.8 Å². The van der Waals surface area contributed by atoms with Crippen LogP contribution in [0, 0.1) is 5.41 Å².